The van der Waals surface area contributed by atoms with E-state index in [1.807, 2.05) is 0 Å². The lowest BCUT2D eigenvalue weighted by molar-refractivity contribution is -0.144. The van der Waals surface area contributed by atoms with Crippen LogP contribution in [0.5, 0.6) is 0 Å². The lowest BCUT2D eigenvalue weighted by atomic mass is 9.96. The summed E-state index contributed by atoms with van der Waals surface area (Å²) in [6.45, 7) is 3.36. The van der Waals surface area contributed by atoms with Crippen LogP contribution < -0.4 is 5.73 Å². The molecule has 0 heterocycles. The van der Waals surface area contributed by atoms with Gasteiger partial charge in [-0.25, -0.2) is 8.78 Å². The highest BCUT2D eigenvalue weighted by atomic mass is 19.3. The molecule has 1 atom stereocenters. The monoisotopic (exact) mass is 235 g/mol. The molecule has 16 heavy (non-hydrogen) atoms. The molecule has 0 spiro atoms. The first-order chi connectivity index (χ1) is 7.26. The van der Waals surface area contributed by atoms with E-state index in [-0.39, 0.29) is 5.56 Å². The van der Waals surface area contributed by atoms with Crippen molar-refractivity contribution in [3.05, 3.63) is 34.9 Å². The standard InChI is InChI=1S/C11H13F4N/c1-6-3-4-8(7(2)5-6)9(16)11(14,15)10(12)13/h3-5,9-10H,16H2,1-2H3. The van der Waals surface area contributed by atoms with Crippen LogP contribution in [0.15, 0.2) is 18.2 Å². The molecule has 0 amide bonds. The number of alkyl halides is 4. The predicted molar refractivity (Wildman–Crippen MR) is 53.8 cm³/mol. The van der Waals surface area contributed by atoms with Crippen LogP contribution in [0.3, 0.4) is 0 Å². The van der Waals surface area contributed by atoms with Gasteiger partial charge in [-0.3, -0.25) is 0 Å². The molecule has 0 aliphatic carbocycles. The lowest BCUT2D eigenvalue weighted by Gasteiger charge is -2.24. The fourth-order valence-corrected chi connectivity index (χ4v) is 1.52. The molecule has 1 unspecified atom stereocenters. The fraction of sp³-hybridized carbons (Fsp3) is 0.455. The third-order valence-electron chi connectivity index (χ3n) is 2.47. The summed E-state index contributed by atoms with van der Waals surface area (Å²) in [6, 6.07) is 2.60. The Morgan fingerprint density at radius 3 is 2.19 bits per heavy atom. The van der Waals surface area contributed by atoms with E-state index in [1.165, 1.54) is 6.07 Å². The van der Waals surface area contributed by atoms with Gasteiger partial charge < -0.3 is 5.73 Å². The van der Waals surface area contributed by atoms with Gasteiger partial charge in [0.1, 0.15) is 6.04 Å². The quantitative estimate of drug-likeness (QED) is 0.800. The second kappa shape index (κ2) is 4.41. The zero-order chi connectivity index (χ0) is 12.5. The highest BCUT2D eigenvalue weighted by molar-refractivity contribution is 5.33. The Kier molecular flexibility index (Phi) is 3.57. The molecule has 0 bridgehead atoms. The molecule has 0 radical (unpaired) electrons. The maximum absolute atomic E-state index is 13.0. The van der Waals surface area contributed by atoms with Crippen molar-refractivity contribution >= 4 is 0 Å². The van der Waals surface area contributed by atoms with Crippen LogP contribution >= 0.6 is 0 Å². The van der Waals surface area contributed by atoms with Crippen molar-refractivity contribution in [2.75, 3.05) is 0 Å². The molecule has 1 nitrogen and oxygen atoms in total. The average molecular weight is 235 g/mol. The van der Waals surface area contributed by atoms with Crippen LogP contribution in [0.25, 0.3) is 0 Å². The summed E-state index contributed by atoms with van der Waals surface area (Å²) >= 11 is 0. The largest absolute Gasteiger partial charge is 0.326 e. The van der Waals surface area contributed by atoms with Gasteiger partial charge in [0, 0.05) is 0 Å². The van der Waals surface area contributed by atoms with E-state index in [2.05, 4.69) is 0 Å². The zero-order valence-electron chi connectivity index (χ0n) is 8.98. The smallest absolute Gasteiger partial charge is 0.319 e. The summed E-state index contributed by atoms with van der Waals surface area (Å²) in [5.74, 6) is -4.21. The van der Waals surface area contributed by atoms with Crippen molar-refractivity contribution in [3.63, 3.8) is 0 Å². The van der Waals surface area contributed by atoms with Crippen LogP contribution in [-0.2, 0) is 0 Å². The van der Waals surface area contributed by atoms with Gasteiger partial charge in [0.05, 0.1) is 0 Å². The minimum atomic E-state index is -4.21. The molecule has 1 aromatic carbocycles. The molecule has 1 aromatic rings. The number of rotatable bonds is 3. The van der Waals surface area contributed by atoms with Gasteiger partial charge in [-0.05, 0) is 25.0 Å². The molecule has 1 rings (SSSR count). The second-order valence-electron chi connectivity index (χ2n) is 3.81. The molecule has 5 heteroatoms. The maximum Gasteiger partial charge on any atom is 0.326 e. The van der Waals surface area contributed by atoms with Gasteiger partial charge in [-0.1, -0.05) is 23.8 Å². The van der Waals surface area contributed by atoms with E-state index in [4.69, 9.17) is 5.73 Å². The number of hydrogen-bond acceptors (Lipinski definition) is 1. The van der Waals surface area contributed by atoms with Crippen molar-refractivity contribution in [1.82, 2.24) is 0 Å². The highest BCUT2D eigenvalue weighted by Gasteiger charge is 2.47. The molecule has 90 valence electrons. The first kappa shape index (κ1) is 13.0. The number of aryl methyl sites for hydroxylation is 2. The number of halogens is 4. The predicted octanol–water partition coefficient (Wildman–Crippen LogP) is 3.20. The summed E-state index contributed by atoms with van der Waals surface area (Å²) in [5, 5.41) is 0. The summed E-state index contributed by atoms with van der Waals surface area (Å²) in [6.07, 6.45) is -3.76. The van der Waals surface area contributed by atoms with Crippen molar-refractivity contribution < 1.29 is 17.6 Å². The maximum atomic E-state index is 13.0. The Hall–Kier alpha value is -1.10. The third-order valence-corrected chi connectivity index (χ3v) is 2.47. The fourth-order valence-electron chi connectivity index (χ4n) is 1.52. The summed E-state index contributed by atoms with van der Waals surface area (Å²) < 4.78 is 50.3. The molecular formula is C11H13F4N. The number of benzene rings is 1. The topological polar surface area (TPSA) is 26.0 Å². The van der Waals surface area contributed by atoms with Gasteiger partial charge in [-0.15, -0.1) is 0 Å². The second-order valence-corrected chi connectivity index (χ2v) is 3.81. The Balaban J connectivity index is 3.10. The Morgan fingerprint density at radius 1 is 1.19 bits per heavy atom. The molecule has 0 fully saturated rings. The van der Waals surface area contributed by atoms with Crippen molar-refractivity contribution in [2.45, 2.75) is 32.2 Å². The van der Waals surface area contributed by atoms with Crippen LogP contribution in [0, 0.1) is 13.8 Å². The summed E-state index contributed by atoms with van der Waals surface area (Å²) in [4.78, 5) is 0. The van der Waals surface area contributed by atoms with Crippen molar-refractivity contribution in [3.8, 4) is 0 Å². The van der Waals surface area contributed by atoms with E-state index in [0.29, 0.717) is 5.56 Å². The van der Waals surface area contributed by atoms with Crippen molar-refractivity contribution in [1.29, 1.82) is 0 Å². The normalized spacial score (nSPS) is 14.2. The van der Waals surface area contributed by atoms with Gasteiger partial charge in [0.2, 0.25) is 0 Å². The molecule has 0 saturated heterocycles. The zero-order valence-corrected chi connectivity index (χ0v) is 8.98. The minimum Gasteiger partial charge on any atom is -0.319 e. The molecule has 2 N–H and O–H groups in total. The molecule has 0 aromatic heterocycles. The lowest BCUT2D eigenvalue weighted by Crippen LogP contribution is -2.39. The molecule has 0 aliphatic rings. The van der Waals surface area contributed by atoms with E-state index >= 15 is 0 Å². The van der Waals surface area contributed by atoms with Gasteiger partial charge >= 0.3 is 12.3 Å². The summed E-state index contributed by atoms with van der Waals surface area (Å²) in [7, 11) is 0. The highest BCUT2D eigenvalue weighted by Crippen LogP contribution is 2.36. The van der Waals surface area contributed by atoms with Gasteiger partial charge in [0.15, 0.2) is 0 Å². The SMILES string of the molecule is Cc1ccc(C(N)C(F)(F)C(F)F)c(C)c1. The van der Waals surface area contributed by atoms with Crippen molar-refractivity contribution in [2.24, 2.45) is 5.73 Å². The minimum absolute atomic E-state index is 0.0518. The summed E-state index contributed by atoms with van der Waals surface area (Å²) in [5.41, 5.74) is 6.61. The number of hydrogen-bond donors (Lipinski definition) is 1. The van der Waals surface area contributed by atoms with E-state index < -0.39 is 18.4 Å². The third kappa shape index (κ3) is 2.35. The average Bonchev–Trinajstić information content (AvgIpc) is 2.16. The first-order valence-electron chi connectivity index (χ1n) is 4.75. The van der Waals surface area contributed by atoms with Crippen LogP contribution in [-0.4, -0.2) is 12.3 Å². The van der Waals surface area contributed by atoms with E-state index in [9.17, 15) is 17.6 Å². The molecule has 0 saturated carbocycles. The van der Waals surface area contributed by atoms with Gasteiger partial charge in [-0.2, -0.15) is 8.78 Å². The first-order valence-corrected chi connectivity index (χ1v) is 4.75. The Morgan fingerprint density at radius 2 is 1.75 bits per heavy atom. The molecular weight excluding hydrogens is 222 g/mol. The van der Waals surface area contributed by atoms with E-state index in [1.54, 1.807) is 26.0 Å². The number of nitrogens with two attached hydrogens (primary N) is 1. The van der Waals surface area contributed by atoms with Crippen LogP contribution in [0.2, 0.25) is 0 Å². The van der Waals surface area contributed by atoms with E-state index in [0.717, 1.165) is 5.56 Å². The van der Waals surface area contributed by atoms with Gasteiger partial charge in [0.25, 0.3) is 0 Å². The van der Waals surface area contributed by atoms with Crippen LogP contribution in [0.4, 0.5) is 17.6 Å². The Bertz CT molecular complexity index is 376. The molecule has 0 aliphatic heterocycles. The van der Waals surface area contributed by atoms with Crippen LogP contribution in [0.1, 0.15) is 22.7 Å². The Labute approximate surface area is 91.3 Å².